The van der Waals surface area contributed by atoms with Crippen LogP contribution in [0.5, 0.6) is 5.88 Å². The average Bonchev–Trinajstić information content (AvgIpc) is 2.60. The van der Waals surface area contributed by atoms with Crippen molar-refractivity contribution in [3.8, 4) is 5.88 Å². The molecule has 0 bridgehead atoms. The minimum Gasteiger partial charge on any atom is -0.480 e. The third kappa shape index (κ3) is 1.70. The first-order chi connectivity index (χ1) is 7.18. The Morgan fingerprint density at radius 3 is 2.87 bits per heavy atom. The van der Waals surface area contributed by atoms with Crippen LogP contribution in [0.2, 0.25) is 0 Å². The molecule has 4 nitrogen and oxygen atoms in total. The highest BCUT2D eigenvalue weighted by atomic mass is 32.2. The summed E-state index contributed by atoms with van der Waals surface area (Å²) >= 11 is 1.74. The zero-order chi connectivity index (χ0) is 10.9. The topological polar surface area (TPSA) is 55.2 Å². The summed E-state index contributed by atoms with van der Waals surface area (Å²) in [5.41, 5.74) is -0.338. The largest absolute Gasteiger partial charge is 0.480 e. The highest BCUT2D eigenvalue weighted by Crippen LogP contribution is 2.44. The van der Waals surface area contributed by atoms with Crippen molar-refractivity contribution in [1.82, 2.24) is 9.97 Å². The van der Waals surface area contributed by atoms with Gasteiger partial charge in [-0.2, -0.15) is 11.8 Å². The standard InChI is InChI=1S/C10H14N2O2S/c1-7-10(13,3-6-15-7)8-9(14-2)12-5-4-11-8/h4-5,7,13H,3,6H2,1-2H3. The molecule has 0 amide bonds. The zero-order valence-electron chi connectivity index (χ0n) is 8.80. The van der Waals surface area contributed by atoms with Crippen LogP contribution in [0.15, 0.2) is 12.4 Å². The van der Waals surface area contributed by atoms with Crippen molar-refractivity contribution < 1.29 is 9.84 Å². The number of ether oxygens (including phenoxy) is 1. The molecule has 0 radical (unpaired) electrons. The molecule has 1 aliphatic rings. The molecule has 0 aliphatic carbocycles. The smallest absolute Gasteiger partial charge is 0.238 e. The highest BCUT2D eigenvalue weighted by Gasteiger charge is 2.44. The first-order valence-electron chi connectivity index (χ1n) is 4.88. The lowest BCUT2D eigenvalue weighted by Crippen LogP contribution is -2.33. The Hall–Kier alpha value is -0.810. The van der Waals surface area contributed by atoms with E-state index in [0.29, 0.717) is 18.0 Å². The van der Waals surface area contributed by atoms with Crippen molar-refractivity contribution in [2.75, 3.05) is 12.9 Å². The molecule has 2 rings (SSSR count). The number of nitrogens with zero attached hydrogens (tertiary/aromatic N) is 2. The Labute approximate surface area is 93.1 Å². The minimum absolute atomic E-state index is 0.128. The Kier molecular flexibility index (Phi) is 2.84. The molecule has 15 heavy (non-hydrogen) atoms. The summed E-state index contributed by atoms with van der Waals surface area (Å²) in [6, 6.07) is 0. The molecular weight excluding hydrogens is 212 g/mol. The Bertz CT molecular complexity index is 361. The molecule has 1 aromatic heterocycles. The van der Waals surface area contributed by atoms with Crippen LogP contribution in [-0.4, -0.2) is 33.2 Å². The van der Waals surface area contributed by atoms with Gasteiger partial charge in [0.05, 0.1) is 7.11 Å². The monoisotopic (exact) mass is 226 g/mol. The highest BCUT2D eigenvalue weighted by molar-refractivity contribution is 8.00. The lowest BCUT2D eigenvalue weighted by molar-refractivity contribution is 0.0348. The number of aliphatic hydroxyl groups is 1. The van der Waals surface area contributed by atoms with Crippen LogP contribution >= 0.6 is 11.8 Å². The van der Waals surface area contributed by atoms with Gasteiger partial charge in [0.2, 0.25) is 5.88 Å². The van der Waals surface area contributed by atoms with E-state index in [1.165, 1.54) is 0 Å². The number of methoxy groups -OCH3 is 1. The van der Waals surface area contributed by atoms with E-state index in [2.05, 4.69) is 9.97 Å². The molecular formula is C10H14N2O2S. The van der Waals surface area contributed by atoms with Crippen molar-refractivity contribution in [1.29, 1.82) is 0 Å². The van der Waals surface area contributed by atoms with Crippen molar-refractivity contribution in [3.63, 3.8) is 0 Å². The van der Waals surface area contributed by atoms with Gasteiger partial charge in [-0.25, -0.2) is 4.98 Å². The van der Waals surface area contributed by atoms with Gasteiger partial charge in [0, 0.05) is 17.6 Å². The fourth-order valence-corrected chi connectivity index (χ4v) is 3.10. The molecule has 0 spiro atoms. The maximum atomic E-state index is 10.5. The summed E-state index contributed by atoms with van der Waals surface area (Å²) < 4.78 is 5.13. The molecule has 1 aliphatic heterocycles. The van der Waals surface area contributed by atoms with E-state index in [9.17, 15) is 5.11 Å². The van der Waals surface area contributed by atoms with Gasteiger partial charge in [-0.15, -0.1) is 0 Å². The normalized spacial score (nSPS) is 30.5. The van der Waals surface area contributed by atoms with E-state index in [-0.39, 0.29) is 5.25 Å². The lowest BCUT2D eigenvalue weighted by Gasteiger charge is -2.26. The minimum atomic E-state index is -0.899. The van der Waals surface area contributed by atoms with Gasteiger partial charge in [0.1, 0.15) is 11.3 Å². The predicted octanol–water partition coefficient (Wildman–Crippen LogP) is 1.20. The molecule has 5 heteroatoms. The van der Waals surface area contributed by atoms with Crippen LogP contribution in [0.3, 0.4) is 0 Å². The van der Waals surface area contributed by atoms with Crippen LogP contribution in [-0.2, 0) is 5.60 Å². The number of aromatic nitrogens is 2. The molecule has 1 saturated heterocycles. The summed E-state index contributed by atoms with van der Waals surface area (Å²) in [5, 5.41) is 10.7. The van der Waals surface area contributed by atoms with Gasteiger partial charge in [-0.05, 0) is 12.2 Å². The number of hydrogen-bond acceptors (Lipinski definition) is 5. The summed E-state index contributed by atoms with van der Waals surface area (Å²) in [6.45, 7) is 2.01. The Balaban J connectivity index is 2.43. The SMILES string of the molecule is COc1nccnc1C1(O)CCSC1C. The molecule has 2 atom stereocenters. The van der Waals surface area contributed by atoms with Crippen LogP contribution in [0, 0.1) is 0 Å². The summed E-state index contributed by atoms with van der Waals surface area (Å²) in [5.74, 6) is 1.37. The van der Waals surface area contributed by atoms with E-state index < -0.39 is 5.60 Å². The molecule has 0 aromatic carbocycles. The van der Waals surface area contributed by atoms with Gasteiger partial charge in [-0.1, -0.05) is 6.92 Å². The molecule has 2 unspecified atom stereocenters. The number of hydrogen-bond donors (Lipinski definition) is 1. The molecule has 2 heterocycles. The average molecular weight is 226 g/mol. The van der Waals surface area contributed by atoms with Crippen LogP contribution in [0.25, 0.3) is 0 Å². The second-order valence-electron chi connectivity index (χ2n) is 3.60. The molecule has 1 fully saturated rings. The van der Waals surface area contributed by atoms with Gasteiger partial charge in [0.15, 0.2) is 0 Å². The third-order valence-electron chi connectivity index (χ3n) is 2.79. The van der Waals surface area contributed by atoms with Crippen molar-refractivity contribution in [3.05, 3.63) is 18.1 Å². The predicted molar refractivity (Wildman–Crippen MR) is 59.0 cm³/mol. The maximum Gasteiger partial charge on any atom is 0.238 e. The van der Waals surface area contributed by atoms with E-state index in [0.717, 1.165) is 5.75 Å². The number of rotatable bonds is 2. The fourth-order valence-electron chi connectivity index (χ4n) is 1.81. The summed E-state index contributed by atoms with van der Waals surface area (Å²) in [7, 11) is 1.55. The van der Waals surface area contributed by atoms with Crippen molar-refractivity contribution in [2.24, 2.45) is 0 Å². The van der Waals surface area contributed by atoms with Gasteiger partial charge < -0.3 is 9.84 Å². The third-order valence-corrected chi connectivity index (χ3v) is 4.12. The van der Waals surface area contributed by atoms with Gasteiger partial charge in [0.25, 0.3) is 0 Å². The summed E-state index contributed by atoms with van der Waals surface area (Å²) in [6.07, 6.45) is 3.86. The molecule has 1 N–H and O–H groups in total. The molecule has 82 valence electrons. The van der Waals surface area contributed by atoms with Gasteiger partial charge in [-0.3, -0.25) is 4.98 Å². The van der Waals surface area contributed by atoms with E-state index in [1.807, 2.05) is 6.92 Å². The first kappa shape index (κ1) is 10.7. The lowest BCUT2D eigenvalue weighted by atomic mass is 9.93. The van der Waals surface area contributed by atoms with E-state index >= 15 is 0 Å². The Morgan fingerprint density at radius 2 is 2.27 bits per heavy atom. The van der Waals surface area contributed by atoms with Crippen molar-refractivity contribution in [2.45, 2.75) is 24.2 Å². The quantitative estimate of drug-likeness (QED) is 0.821. The number of thioether (sulfide) groups is 1. The van der Waals surface area contributed by atoms with Crippen LogP contribution < -0.4 is 4.74 Å². The molecule has 1 aromatic rings. The summed E-state index contributed by atoms with van der Waals surface area (Å²) in [4.78, 5) is 8.27. The van der Waals surface area contributed by atoms with Crippen LogP contribution in [0.4, 0.5) is 0 Å². The van der Waals surface area contributed by atoms with E-state index in [4.69, 9.17) is 4.74 Å². The maximum absolute atomic E-state index is 10.5. The van der Waals surface area contributed by atoms with Crippen molar-refractivity contribution >= 4 is 11.8 Å². The zero-order valence-corrected chi connectivity index (χ0v) is 9.62. The second kappa shape index (κ2) is 3.98. The fraction of sp³-hybridized carbons (Fsp3) is 0.600. The second-order valence-corrected chi connectivity index (χ2v) is 5.05. The molecule has 0 saturated carbocycles. The van der Waals surface area contributed by atoms with E-state index in [1.54, 1.807) is 31.3 Å². The van der Waals surface area contributed by atoms with Crippen LogP contribution in [0.1, 0.15) is 19.0 Å². The van der Waals surface area contributed by atoms with Gasteiger partial charge >= 0.3 is 0 Å². The Morgan fingerprint density at radius 1 is 1.53 bits per heavy atom. The first-order valence-corrected chi connectivity index (χ1v) is 5.93.